The zero-order chi connectivity index (χ0) is 26.1. The predicted molar refractivity (Wildman–Crippen MR) is 129 cm³/mol. The Balaban J connectivity index is 1.61. The molecule has 2 aromatic carbocycles. The van der Waals surface area contributed by atoms with Gasteiger partial charge in [0.2, 0.25) is 6.29 Å². The molecule has 37 heavy (non-hydrogen) atoms. The highest BCUT2D eigenvalue weighted by molar-refractivity contribution is 5.66. The van der Waals surface area contributed by atoms with Crippen LogP contribution < -0.4 is 11.4 Å². The number of carbonyl (C=O) groups is 2. The van der Waals surface area contributed by atoms with Crippen LogP contribution in [0.1, 0.15) is 31.9 Å². The molecular formula is C26H27N3O8. The third kappa shape index (κ3) is 4.87. The van der Waals surface area contributed by atoms with Crippen molar-refractivity contribution in [3.63, 3.8) is 0 Å². The molecule has 0 unspecified atom stereocenters. The van der Waals surface area contributed by atoms with Crippen molar-refractivity contribution in [2.45, 2.75) is 64.1 Å². The summed E-state index contributed by atoms with van der Waals surface area (Å²) in [4.78, 5) is 50.9. The number of carbonyl (C=O) groups excluding carboxylic acids is 2. The first-order valence-electron chi connectivity index (χ1n) is 12.0. The number of benzene rings is 2. The lowest BCUT2D eigenvalue weighted by atomic mass is 9.92. The molecule has 11 nitrogen and oxygen atoms in total. The summed E-state index contributed by atoms with van der Waals surface area (Å²) in [5.74, 6) is -1.12. The van der Waals surface area contributed by atoms with Gasteiger partial charge in [0, 0.05) is 20.3 Å². The minimum absolute atomic E-state index is 0.109. The van der Waals surface area contributed by atoms with Crippen molar-refractivity contribution in [1.82, 2.24) is 13.9 Å². The summed E-state index contributed by atoms with van der Waals surface area (Å²) in [6.45, 7) is 2.61. The van der Waals surface area contributed by atoms with E-state index in [-0.39, 0.29) is 19.6 Å². The monoisotopic (exact) mass is 509 g/mol. The van der Waals surface area contributed by atoms with E-state index in [0.717, 1.165) is 10.1 Å². The summed E-state index contributed by atoms with van der Waals surface area (Å²) in [6.07, 6.45) is -3.42. The van der Waals surface area contributed by atoms with E-state index in [2.05, 4.69) is 0 Å². The lowest BCUT2D eigenvalue weighted by Crippen LogP contribution is -2.60. The maximum absolute atomic E-state index is 13.7. The highest BCUT2D eigenvalue weighted by Crippen LogP contribution is 2.37. The van der Waals surface area contributed by atoms with Crippen molar-refractivity contribution >= 4 is 11.9 Å². The molecule has 0 radical (unpaired) electrons. The quantitative estimate of drug-likeness (QED) is 0.459. The SMILES string of the molecule is CC(=O)O[C@H]1C[C@@H](OCc2ccccc2)[C@@H]2[C@@H](O1)[C@H](OC(C)=O)Cn1c(=O)n(-c3ccccc3)c(=O)n12. The fraction of sp³-hybridized carbons (Fsp3) is 0.385. The van der Waals surface area contributed by atoms with Crippen LogP contribution in [0.4, 0.5) is 0 Å². The second-order valence-corrected chi connectivity index (χ2v) is 9.01. The Kier molecular flexibility index (Phi) is 6.81. The highest BCUT2D eigenvalue weighted by atomic mass is 16.7. The van der Waals surface area contributed by atoms with Crippen molar-refractivity contribution in [3.05, 3.63) is 87.2 Å². The third-order valence-corrected chi connectivity index (χ3v) is 6.45. The Morgan fingerprint density at radius 1 is 0.892 bits per heavy atom. The van der Waals surface area contributed by atoms with Crippen LogP contribution in [-0.2, 0) is 41.7 Å². The van der Waals surface area contributed by atoms with Gasteiger partial charge in [0.25, 0.3) is 0 Å². The minimum Gasteiger partial charge on any atom is -0.458 e. The maximum Gasteiger partial charge on any atom is 0.352 e. The van der Waals surface area contributed by atoms with E-state index in [1.165, 1.54) is 23.2 Å². The Morgan fingerprint density at radius 3 is 2.19 bits per heavy atom. The van der Waals surface area contributed by atoms with Crippen molar-refractivity contribution in [3.8, 4) is 5.69 Å². The van der Waals surface area contributed by atoms with Crippen molar-refractivity contribution in [2.24, 2.45) is 0 Å². The molecule has 1 saturated heterocycles. The molecule has 1 fully saturated rings. The van der Waals surface area contributed by atoms with Gasteiger partial charge in [0.15, 0.2) is 0 Å². The van der Waals surface area contributed by atoms with Gasteiger partial charge in [-0.3, -0.25) is 9.59 Å². The zero-order valence-corrected chi connectivity index (χ0v) is 20.4. The minimum atomic E-state index is -0.984. The van der Waals surface area contributed by atoms with Gasteiger partial charge in [-0.2, -0.15) is 0 Å². The molecule has 5 atom stereocenters. The first-order chi connectivity index (χ1) is 17.8. The van der Waals surface area contributed by atoms with Gasteiger partial charge in [0.1, 0.15) is 18.2 Å². The second kappa shape index (κ2) is 10.2. The lowest BCUT2D eigenvalue weighted by molar-refractivity contribution is -0.265. The van der Waals surface area contributed by atoms with Crippen LogP contribution in [0, 0.1) is 0 Å². The molecule has 5 rings (SSSR count). The number of hydrogen-bond acceptors (Lipinski definition) is 8. The first-order valence-corrected chi connectivity index (χ1v) is 12.0. The maximum atomic E-state index is 13.7. The van der Waals surface area contributed by atoms with Gasteiger partial charge in [0.05, 0.1) is 24.9 Å². The molecule has 0 bridgehead atoms. The van der Waals surface area contributed by atoms with Crippen LogP contribution in [0.3, 0.4) is 0 Å². The van der Waals surface area contributed by atoms with Gasteiger partial charge in [-0.05, 0) is 17.7 Å². The molecule has 11 heteroatoms. The molecule has 0 spiro atoms. The lowest BCUT2D eigenvalue weighted by Gasteiger charge is -2.46. The highest BCUT2D eigenvalue weighted by Gasteiger charge is 2.51. The van der Waals surface area contributed by atoms with Crippen molar-refractivity contribution in [1.29, 1.82) is 0 Å². The zero-order valence-electron chi connectivity index (χ0n) is 20.4. The summed E-state index contributed by atoms with van der Waals surface area (Å²) >= 11 is 0. The van der Waals surface area contributed by atoms with Crippen LogP contribution in [0.15, 0.2) is 70.3 Å². The normalized spacial score (nSPS) is 24.5. The Hall–Kier alpha value is -3.96. The fourth-order valence-electron chi connectivity index (χ4n) is 5.00. The van der Waals surface area contributed by atoms with Gasteiger partial charge in [-0.1, -0.05) is 48.5 Å². The second-order valence-electron chi connectivity index (χ2n) is 9.01. The average molecular weight is 510 g/mol. The molecule has 0 N–H and O–H groups in total. The van der Waals surface area contributed by atoms with E-state index in [4.69, 9.17) is 18.9 Å². The Bertz CT molecular complexity index is 1390. The van der Waals surface area contributed by atoms with E-state index in [1.807, 2.05) is 30.3 Å². The molecule has 0 saturated carbocycles. The summed E-state index contributed by atoms with van der Waals surface area (Å²) in [5.41, 5.74) is 0.156. The van der Waals surface area contributed by atoms with E-state index in [1.54, 1.807) is 30.3 Å². The molecule has 0 amide bonds. The number of fused-ring (bicyclic) bond motifs is 3. The summed E-state index contributed by atoms with van der Waals surface area (Å²) in [7, 11) is 0. The standard InChI is InChI=1S/C26H27N3O8/c1-16(30)35-21-14-27-25(32)28(19-11-7-4-8-12-19)26(33)29(27)23-20(34-15-18-9-5-3-6-10-18)13-22(36-17(2)31)37-24(21)23/h3-12,20-24H,13-15H2,1-2H3/t20-,21-,22-,23-,24+/m1/s1. The predicted octanol–water partition coefficient (Wildman–Crippen LogP) is 1.55. The molecule has 2 aliphatic rings. The summed E-state index contributed by atoms with van der Waals surface area (Å²) in [5, 5.41) is 0. The molecule has 2 aliphatic heterocycles. The van der Waals surface area contributed by atoms with Gasteiger partial charge in [-0.25, -0.2) is 23.5 Å². The van der Waals surface area contributed by atoms with E-state index >= 15 is 0 Å². The Morgan fingerprint density at radius 2 is 1.54 bits per heavy atom. The third-order valence-electron chi connectivity index (χ3n) is 6.45. The molecule has 0 aliphatic carbocycles. The van der Waals surface area contributed by atoms with E-state index < -0.39 is 54.0 Å². The van der Waals surface area contributed by atoms with Crippen LogP contribution >= 0.6 is 0 Å². The number of ether oxygens (including phenoxy) is 4. The number of hydrogen-bond donors (Lipinski definition) is 0. The van der Waals surface area contributed by atoms with E-state index in [9.17, 15) is 19.2 Å². The van der Waals surface area contributed by atoms with Crippen molar-refractivity contribution < 1.29 is 28.5 Å². The number of rotatable bonds is 6. The first kappa shape index (κ1) is 24.7. The van der Waals surface area contributed by atoms with Crippen LogP contribution in [-0.4, -0.2) is 50.5 Å². The number of esters is 2. The molecule has 194 valence electrons. The van der Waals surface area contributed by atoms with Gasteiger partial charge >= 0.3 is 23.3 Å². The van der Waals surface area contributed by atoms with Crippen LogP contribution in [0.2, 0.25) is 0 Å². The fourth-order valence-corrected chi connectivity index (χ4v) is 5.00. The van der Waals surface area contributed by atoms with Gasteiger partial charge in [-0.15, -0.1) is 0 Å². The van der Waals surface area contributed by atoms with E-state index in [0.29, 0.717) is 5.69 Å². The molecule has 1 aromatic heterocycles. The smallest absolute Gasteiger partial charge is 0.352 e. The largest absolute Gasteiger partial charge is 0.458 e. The Labute approximate surface area is 211 Å². The molecule has 3 aromatic rings. The van der Waals surface area contributed by atoms with Crippen LogP contribution in [0.25, 0.3) is 5.69 Å². The topological polar surface area (TPSA) is 120 Å². The van der Waals surface area contributed by atoms with Gasteiger partial charge < -0.3 is 18.9 Å². The summed E-state index contributed by atoms with van der Waals surface area (Å²) in [6, 6.07) is 17.2. The number of nitrogens with zero attached hydrogens (tertiary/aromatic N) is 3. The van der Waals surface area contributed by atoms with Crippen LogP contribution in [0.5, 0.6) is 0 Å². The number of para-hydroxylation sites is 1. The molecule has 3 heterocycles. The summed E-state index contributed by atoms with van der Waals surface area (Å²) < 4.78 is 26.9. The van der Waals surface area contributed by atoms with Crippen molar-refractivity contribution in [2.75, 3.05) is 0 Å². The number of aromatic nitrogens is 3. The average Bonchev–Trinajstić information content (AvgIpc) is 3.12. The molecular weight excluding hydrogens is 482 g/mol.